The lowest BCUT2D eigenvalue weighted by molar-refractivity contribution is -0.131. The zero-order valence-corrected chi connectivity index (χ0v) is 11.0. The van der Waals surface area contributed by atoms with Gasteiger partial charge in [0, 0.05) is 24.7 Å². The van der Waals surface area contributed by atoms with Crippen molar-refractivity contribution in [3.63, 3.8) is 0 Å². The molecule has 0 aliphatic rings. The van der Waals surface area contributed by atoms with Gasteiger partial charge in [0.25, 0.3) is 0 Å². The third-order valence-corrected chi connectivity index (χ3v) is 2.52. The number of benzene rings is 1. The number of nitrogens with zero attached hydrogens (tertiary/aromatic N) is 1. The van der Waals surface area contributed by atoms with Crippen LogP contribution in [0, 0.1) is 0 Å². The van der Waals surface area contributed by atoms with Crippen LogP contribution < -0.4 is 4.74 Å². The van der Waals surface area contributed by atoms with Crippen molar-refractivity contribution in [3.05, 3.63) is 41.5 Å². The Balaban J connectivity index is 2.64. The van der Waals surface area contributed by atoms with Gasteiger partial charge >= 0.3 is 5.97 Å². The molecule has 1 aromatic rings. The Morgan fingerprint density at radius 1 is 1.44 bits per heavy atom. The van der Waals surface area contributed by atoms with E-state index in [2.05, 4.69) is 0 Å². The summed E-state index contributed by atoms with van der Waals surface area (Å²) in [6.07, 6.45) is 1.23. The molecule has 4 nitrogen and oxygen atoms in total. The summed E-state index contributed by atoms with van der Waals surface area (Å²) >= 11 is 0. The summed E-state index contributed by atoms with van der Waals surface area (Å²) in [4.78, 5) is 12.6. The first kappa shape index (κ1) is 14.3. The number of carbonyl (C=O) groups is 1. The van der Waals surface area contributed by atoms with E-state index in [1.165, 1.54) is 6.08 Å². The number of methoxy groups -OCH3 is 1. The lowest BCUT2D eigenvalue weighted by atomic mass is 10.2. The van der Waals surface area contributed by atoms with Gasteiger partial charge in [0.1, 0.15) is 5.75 Å². The first-order valence-electron chi connectivity index (χ1n) is 5.73. The summed E-state index contributed by atoms with van der Waals surface area (Å²) in [5, 5.41) is 8.65. The molecule has 98 valence electrons. The highest BCUT2D eigenvalue weighted by Gasteiger charge is 2.06. The zero-order valence-electron chi connectivity index (χ0n) is 11.0. The minimum Gasteiger partial charge on any atom is -0.496 e. The highest BCUT2D eigenvalue weighted by atomic mass is 16.5. The van der Waals surface area contributed by atoms with Crippen molar-refractivity contribution in [2.24, 2.45) is 0 Å². The highest BCUT2D eigenvalue weighted by Crippen LogP contribution is 2.18. The number of aliphatic carboxylic acids is 1. The van der Waals surface area contributed by atoms with Gasteiger partial charge in [-0.3, -0.25) is 4.90 Å². The van der Waals surface area contributed by atoms with Crippen LogP contribution in [0.15, 0.2) is 35.9 Å². The lowest BCUT2D eigenvalue weighted by Gasteiger charge is -2.18. The molecule has 0 heterocycles. The van der Waals surface area contributed by atoms with Gasteiger partial charge in [-0.2, -0.15) is 0 Å². The van der Waals surface area contributed by atoms with Crippen LogP contribution in [0.4, 0.5) is 0 Å². The van der Waals surface area contributed by atoms with Crippen LogP contribution in [-0.4, -0.2) is 36.7 Å². The van der Waals surface area contributed by atoms with E-state index >= 15 is 0 Å². The van der Waals surface area contributed by atoms with E-state index in [0.717, 1.165) is 23.4 Å². The van der Waals surface area contributed by atoms with Crippen molar-refractivity contribution in [3.8, 4) is 5.75 Å². The second-order valence-corrected chi connectivity index (χ2v) is 4.31. The molecule has 0 aromatic heterocycles. The SMILES string of the molecule is COc1ccccc1CN(C)CC(C)=CC(=O)O. The maximum absolute atomic E-state index is 10.5. The average molecular weight is 249 g/mol. The second-order valence-electron chi connectivity index (χ2n) is 4.31. The smallest absolute Gasteiger partial charge is 0.328 e. The van der Waals surface area contributed by atoms with Gasteiger partial charge in [-0.1, -0.05) is 23.8 Å². The van der Waals surface area contributed by atoms with Crippen molar-refractivity contribution < 1.29 is 14.6 Å². The summed E-state index contributed by atoms with van der Waals surface area (Å²) in [6.45, 7) is 3.14. The van der Waals surface area contributed by atoms with Crippen molar-refractivity contribution >= 4 is 5.97 Å². The molecule has 0 saturated carbocycles. The van der Waals surface area contributed by atoms with E-state index < -0.39 is 5.97 Å². The van der Waals surface area contributed by atoms with E-state index in [1.807, 2.05) is 43.1 Å². The fraction of sp³-hybridized carbons (Fsp3) is 0.357. The van der Waals surface area contributed by atoms with Crippen molar-refractivity contribution in [1.82, 2.24) is 4.90 Å². The molecule has 0 saturated heterocycles. The van der Waals surface area contributed by atoms with E-state index in [1.54, 1.807) is 7.11 Å². The molecule has 0 atom stereocenters. The zero-order chi connectivity index (χ0) is 13.5. The summed E-state index contributed by atoms with van der Waals surface area (Å²) in [5.41, 5.74) is 1.91. The van der Waals surface area contributed by atoms with Gasteiger partial charge in [0.15, 0.2) is 0 Å². The molecule has 0 spiro atoms. The molecule has 1 aromatic carbocycles. The molecule has 0 fully saturated rings. The minimum absolute atomic E-state index is 0.615. The van der Waals surface area contributed by atoms with Gasteiger partial charge in [-0.05, 0) is 20.0 Å². The highest BCUT2D eigenvalue weighted by molar-refractivity contribution is 5.80. The Kier molecular flexibility index (Phi) is 5.39. The van der Waals surface area contributed by atoms with Gasteiger partial charge in [-0.25, -0.2) is 4.79 Å². The maximum atomic E-state index is 10.5. The van der Waals surface area contributed by atoms with Crippen molar-refractivity contribution in [2.45, 2.75) is 13.5 Å². The number of hydrogen-bond donors (Lipinski definition) is 1. The number of hydrogen-bond acceptors (Lipinski definition) is 3. The molecular weight excluding hydrogens is 230 g/mol. The molecule has 1 N–H and O–H groups in total. The summed E-state index contributed by atoms with van der Waals surface area (Å²) in [6, 6.07) is 7.82. The first-order valence-corrected chi connectivity index (χ1v) is 5.73. The first-order chi connectivity index (χ1) is 8.52. The van der Waals surface area contributed by atoms with Crippen LogP contribution >= 0.6 is 0 Å². The molecule has 0 bridgehead atoms. The number of ether oxygens (including phenoxy) is 1. The number of para-hydroxylation sites is 1. The van der Waals surface area contributed by atoms with Gasteiger partial charge in [-0.15, -0.1) is 0 Å². The predicted molar refractivity (Wildman–Crippen MR) is 70.7 cm³/mol. The molecule has 4 heteroatoms. The molecule has 18 heavy (non-hydrogen) atoms. The Morgan fingerprint density at radius 3 is 2.72 bits per heavy atom. The monoisotopic (exact) mass is 249 g/mol. The topological polar surface area (TPSA) is 49.8 Å². The van der Waals surface area contributed by atoms with Crippen LogP contribution in [0.25, 0.3) is 0 Å². The van der Waals surface area contributed by atoms with E-state index in [4.69, 9.17) is 9.84 Å². The lowest BCUT2D eigenvalue weighted by Crippen LogP contribution is -2.20. The van der Waals surface area contributed by atoms with Crippen molar-refractivity contribution in [1.29, 1.82) is 0 Å². The summed E-state index contributed by atoms with van der Waals surface area (Å²) < 4.78 is 5.28. The van der Waals surface area contributed by atoms with Gasteiger partial charge in [0.05, 0.1) is 7.11 Å². The Labute approximate surface area is 107 Å². The van der Waals surface area contributed by atoms with Gasteiger partial charge in [0.2, 0.25) is 0 Å². The van der Waals surface area contributed by atoms with Crippen LogP contribution in [0.1, 0.15) is 12.5 Å². The minimum atomic E-state index is -0.904. The van der Waals surface area contributed by atoms with E-state index in [0.29, 0.717) is 6.54 Å². The summed E-state index contributed by atoms with van der Waals surface area (Å²) in [5.74, 6) is -0.0533. The van der Waals surface area contributed by atoms with Crippen molar-refractivity contribution in [2.75, 3.05) is 20.7 Å². The molecule has 1 rings (SSSR count). The molecule has 0 aliphatic heterocycles. The molecule has 0 amide bonds. The summed E-state index contributed by atoms with van der Waals surface area (Å²) in [7, 11) is 3.60. The molecular formula is C14H19NO3. The van der Waals surface area contributed by atoms with E-state index in [9.17, 15) is 4.79 Å². The fourth-order valence-corrected chi connectivity index (χ4v) is 1.86. The average Bonchev–Trinajstić information content (AvgIpc) is 2.28. The molecule has 0 aliphatic carbocycles. The Morgan fingerprint density at radius 2 is 2.11 bits per heavy atom. The van der Waals surface area contributed by atoms with Crippen LogP contribution in [-0.2, 0) is 11.3 Å². The Hall–Kier alpha value is -1.81. The maximum Gasteiger partial charge on any atom is 0.328 e. The van der Waals surface area contributed by atoms with Crippen LogP contribution in [0.2, 0.25) is 0 Å². The quantitative estimate of drug-likeness (QED) is 0.785. The number of carboxylic acid groups (broad SMARTS) is 1. The third kappa shape index (κ3) is 4.59. The number of likely N-dealkylation sites (N-methyl/N-ethyl adjacent to an activating group) is 1. The number of rotatable bonds is 6. The third-order valence-electron chi connectivity index (χ3n) is 2.52. The largest absolute Gasteiger partial charge is 0.496 e. The normalized spacial score (nSPS) is 11.7. The standard InChI is InChI=1S/C14H19NO3/c1-11(8-14(16)17)9-15(2)10-12-6-4-5-7-13(12)18-3/h4-8H,9-10H2,1-3H3,(H,16,17). The predicted octanol–water partition coefficient (Wildman–Crippen LogP) is 2.16. The van der Waals surface area contributed by atoms with Crippen LogP contribution in [0.5, 0.6) is 5.75 Å². The number of carboxylic acids is 1. The molecule has 0 radical (unpaired) electrons. The van der Waals surface area contributed by atoms with Gasteiger partial charge < -0.3 is 9.84 Å². The van der Waals surface area contributed by atoms with Crippen LogP contribution in [0.3, 0.4) is 0 Å². The second kappa shape index (κ2) is 6.81. The van der Waals surface area contributed by atoms with E-state index in [-0.39, 0.29) is 0 Å². The fourth-order valence-electron chi connectivity index (χ4n) is 1.86. The Bertz CT molecular complexity index is 440. The molecule has 0 unspecified atom stereocenters.